The highest BCUT2D eigenvalue weighted by atomic mass is 16.5. The summed E-state index contributed by atoms with van der Waals surface area (Å²) in [5.41, 5.74) is 0.851. The highest BCUT2D eigenvalue weighted by Crippen LogP contribution is 2.19. The Morgan fingerprint density at radius 1 is 1.43 bits per heavy atom. The van der Waals surface area contributed by atoms with Crippen molar-refractivity contribution >= 4 is 17.7 Å². The molecule has 0 aliphatic carbocycles. The van der Waals surface area contributed by atoms with Crippen LogP contribution in [0.25, 0.3) is 5.78 Å². The average Bonchev–Trinajstić information content (AvgIpc) is 3.00. The van der Waals surface area contributed by atoms with Gasteiger partial charge in [0.15, 0.2) is 0 Å². The maximum absolute atomic E-state index is 12.6. The van der Waals surface area contributed by atoms with Gasteiger partial charge < -0.3 is 9.64 Å². The summed E-state index contributed by atoms with van der Waals surface area (Å²) in [4.78, 5) is 34.4. The van der Waals surface area contributed by atoms with Crippen LogP contribution in [0.2, 0.25) is 0 Å². The maximum atomic E-state index is 12.6. The lowest BCUT2D eigenvalue weighted by Gasteiger charge is -2.30. The van der Waals surface area contributed by atoms with Gasteiger partial charge in [-0.15, -0.1) is 5.10 Å². The Morgan fingerprint density at radius 2 is 2.26 bits per heavy atom. The molecule has 0 spiro atoms. The summed E-state index contributed by atoms with van der Waals surface area (Å²) in [6.07, 6.45) is 3.13. The molecule has 1 atom stereocenters. The number of rotatable bonds is 3. The van der Waals surface area contributed by atoms with Crippen LogP contribution < -0.4 is 0 Å². The van der Waals surface area contributed by atoms with Gasteiger partial charge in [-0.2, -0.15) is 4.98 Å². The van der Waals surface area contributed by atoms with E-state index in [1.54, 1.807) is 28.6 Å². The lowest BCUT2D eigenvalue weighted by atomic mass is 9.98. The fourth-order valence-corrected chi connectivity index (χ4v) is 2.75. The molecule has 0 N–H and O–H groups in total. The van der Waals surface area contributed by atoms with Crippen LogP contribution in [0.4, 0.5) is 0 Å². The molecule has 1 saturated heterocycles. The highest BCUT2D eigenvalue weighted by Gasteiger charge is 2.31. The summed E-state index contributed by atoms with van der Waals surface area (Å²) < 4.78 is 6.60. The molecular formula is C15H19N5O3. The Balaban J connectivity index is 1.78. The van der Waals surface area contributed by atoms with Crippen LogP contribution in [-0.4, -0.2) is 56.1 Å². The molecule has 8 nitrogen and oxygen atoms in total. The van der Waals surface area contributed by atoms with Gasteiger partial charge in [0.05, 0.1) is 12.5 Å². The van der Waals surface area contributed by atoms with Crippen molar-refractivity contribution in [3.8, 4) is 0 Å². The number of fused-ring (bicyclic) bond motifs is 1. The van der Waals surface area contributed by atoms with E-state index in [1.165, 1.54) is 0 Å². The number of likely N-dealkylation sites (tertiary alicyclic amines) is 1. The zero-order chi connectivity index (χ0) is 16.4. The number of ether oxygens (including phenoxy) is 1. The Kier molecular flexibility index (Phi) is 4.22. The number of hydrogen-bond acceptors (Lipinski definition) is 6. The van der Waals surface area contributed by atoms with E-state index in [1.807, 2.05) is 6.92 Å². The van der Waals surface area contributed by atoms with Crippen LogP contribution in [0.15, 0.2) is 12.3 Å². The monoisotopic (exact) mass is 317 g/mol. The van der Waals surface area contributed by atoms with Gasteiger partial charge >= 0.3 is 5.97 Å². The predicted molar refractivity (Wildman–Crippen MR) is 80.8 cm³/mol. The van der Waals surface area contributed by atoms with E-state index in [-0.39, 0.29) is 23.6 Å². The number of aryl methyl sites for hydroxylation is 1. The molecule has 2 aromatic heterocycles. The number of piperidine rings is 1. The SMILES string of the molecule is CCOC(=O)C1CCCN(C(=O)c2nc3nccc(C)n3n2)C1. The second-order valence-corrected chi connectivity index (χ2v) is 5.58. The quantitative estimate of drug-likeness (QED) is 0.780. The molecule has 0 bridgehead atoms. The van der Waals surface area contributed by atoms with E-state index in [0.717, 1.165) is 18.5 Å². The fourth-order valence-electron chi connectivity index (χ4n) is 2.75. The molecule has 1 unspecified atom stereocenters. The van der Waals surface area contributed by atoms with Crippen molar-refractivity contribution < 1.29 is 14.3 Å². The van der Waals surface area contributed by atoms with Gasteiger partial charge in [0, 0.05) is 25.0 Å². The number of nitrogens with zero attached hydrogens (tertiary/aromatic N) is 5. The molecule has 23 heavy (non-hydrogen) atoms. The van der Waals surface area contributed by atoms with E-state index >= 15 is 0 Å². The molecule has 0 saturated carbocycles. The van der Waals surface area contributed by atoms with E-state index in [2.05, 4.69) is 15.1 Å². The minimum atomic E-state index is -0.274. The molecule has 1 fully saturated rings. The van der Waals surface area contributed by atoms with Crippen LogP contribution >= 0.6 is 0 Å². The first kappa shape index (κ1) is 15.4. The minimum Gasteiger partial charge on any atom is -0.466 e. The maximum Gasteiger partial charge on any atom is 0.310 e. The van der Waals surface area contributed by atoms with Gasteiger partial charge in [-0.25, -0.2) is 9.50 Å². The first-order valence-corrected chi connectivity index (χ1v) is 7.74. The van der Waals surface area contributed by atoms with E-state index < -0.39 is 0 Å². The first-order valence-electron chi connectivity index (χ1n) is 7.74. The van der Waals surface area contributed by atoms with Gasteiger partial charge in [0.2, 0.25) is 5.82 Å². The molecule has 3 rings (SSSR count). The van der Waals surface area contributed by atoms with Crippen molar-refractivity contribution in [3.63, 3.8) is 0 Å². The van der Waals surface area contributed by atoms with Gasteiger partial charge in [0.1, 0.15) is 0 Å². The first-order chi connectivity index (χ1) is 11.1. The van der Waals surface area contributed by atoms with E-state index in [0.29, 0.717) is 25.5 Å². The Bertz CT molecular complexity index is 742. The molecule has 1 aliphatic heterocycles. The lowest BCUT2D eigenvalue weighted by molar-refractivity contribution is -0.149. The van der Waals surface area contributed by atoms with Crippen molar-refractivity contribution in [2.24, 2.45) is 5.92 Å². The van der Waals surface area contributed by atoms with E-state index in [9.17, 15) is 9.59 Å². The van der Waals surface area contributed by atoms with Gasteiger partial charge in [-0.1, -0.05) is 0 Å². The van der Waals surface area contributed by atoms with Gasteiger partial charge in [-0.05, 0) is 32.8 Å². The van der Waals surface area contributed by atoms with Crippen molar-refractivity contribution in [1.29, 1.82) is 0 Å². The number of esters is 1. The molecule has 3 heterocycles. The Hall–Kier alpha value is -2.51. The van der Waals surface area contributed by atoms with Crippen LogP contribution in [0, 0.1) is 12.8 Å². The number of carbonyl (C=O) groups is 2. The second kappa shape index (κ2) is 6.31. The largest absolute Gasteiger partial charge is 0.466 e. The molecular weight excluding hydrogens is 298 g/mol. The molecule has 122 valence electrons. The minimum absolute atomic E-state index is 0.108. The lowest BCUT2D eigenvalue weighted by Crippen LogP contribution is -2.43. The molecule has 1 aliphatic rings. The smallest absolute Gasteiger partial charge is 0.310 e. The molecule has 8 heteroatoms. The Morgan fingerprint density at radius 3 is 3.00 bits per heavy atom. The molecule has 0 radical (unpaired) electrons. The third kappa shape index (κ3) is 3.01. The van der Waals surface area contributed by atoms with Crippen molar-refractivity contribution in [2.75, 3.05) is 19.7 Å². The molecule has 1 amide bonds. The fraction of sp³-hybridized carbons (Fsp3) is 0.533. The number of aromatic nitrogens is 4. The third-order valence-electron chi connectivity index (χ3n) is 3.95. The summed E-state index contributed by atoms with van der Waals surface area (Å²) in [7, 11) is 0. The predicted octanol–water partition coefficient (Wildman–Crippen LogP) is 0.848. The number of carbonyl (C=O) groups excluding carboxylic acids is 2. The van der Waals surface area contributed by atoms with Crippen molar-refractivity contribution in [3.05, 3.63) is 23.8 Å². The standard InChI is InChI=1S/C15H19N5O3/c1-3-23-14(22)11-5-4-8-19(9-11)13(21)12-17-15-16-7-6-10(2)20(15)18-12/h6-7,11H,3-5,8-9H2,1-2H3. The van der Waals surface area contributed by atoms with Gasteiger partial charge in [0.25, 0.3) is 11.7 Å². The zero-order valence-electron chi connectivity index (χ0n) is 13.2. The van der Waals surface area contributed by atoms with E-state index in [4.69, 9.17) is 4.74 Å². The summed E-state index contributed by atoms with van der Waals surface area (Å²) in [5, 5.41) is 4.23. The second-order valence-electron chi connectivity index (χ2n) is 5.58. The summed E-state index contributed by atoms with van der Waals surface area (Å²) in [6, 6.07) is 1.80. The van der Waals surface area contributed by atoms with Crippen LogP contribution in [0.3, 0.4) is 0 Å². The average molecular weight is 317 g/mol. The zero-order valence-corrected chi connectivity index (χ0v) is 13.2. The van der Waals surface area contributed by atoms with Crippen LogP contribution in [0.1, 0.15) is 36.1 Å². The van der Waals surface area contributed by atoms with Crippen LogP contribution in [-0.2, 0) is 9.53 Å². The van der Waals surface area contributed by atoms with Crippen LogP contribution in [0.5, 0.6) is 0 Å². The van der Waals surface area contributed by atoms with Gasteiger partial charge in [-0.3, -0.25) is 9.59 Å². The number of hydrogen-bond donors (Lipinski definition) is 0. The van der Waals surface area contributed by atoms with Crippen molar-refractivity contribution in [2.45, 2.75) is 26.7 Å². The molecule has 0 aromatic carbocycles. The topological polar surface area (TPSA) is 89.7 Å². The summed E-state index contributed by atoms with van der Waals surface area (Å²) in [6.45, 7) is 4.94. The number of amides is 1. The normalized spacial score (nSPS) is 18.2. The molecule has 2 aromatic rings. The third-order valence-corrected chi connectivity index (χ3v) is 3.95. The van der Waals surface area contributed by atoms with Crippen molar-refractivity contribution in [1.82, 2.24) is 24.5 Å². The summed E-state index contributed by atoms with van der Waals surface area (Å²) >= 11 is 0. The highest BCUT2D eigenvalue weighted by molar-refractivity contribution is 5.91. The Labute approximate surface area is 133 Å². The summed E-state index contributed by atoms with van der Waals surface area (Å²) in [5.74, 6) is -0.289.